The lowest BCUT2D eigenvalue weighted by Crippen LogP contribution is -2.17. The molecule has 0 radical (unpaired) electrons. The Morgan fingerprint density at radius 3 is 2.46 bits per heavy atom. The zero-order valence-corrected chi connectivity index (χ0v) is 16.0. The van der Waals surface area contributed by atoms with Gasteiger partial charge in [0, 0.05) is 16.9 Å². The predicted octanol–water partition coefficient (Wildman–Crippen LogP) is 6.21. The molecule has 2 nitrogen and oxygen atoms in total. The highest BCUT2D eigenvalue weighted by atomic mass is 35.5. The van der Waals surface area contributed by atoms with Crippen LogP contribution in [0.3, 0.4) is 0 Å². The molecule has 2 bridgehead atoms. The van der Waals surface area contributed by atoms with Crippen molar-refractivity contribution in [2.24, 2.45) is 11.8 Å². The summed E-state index contributed by atoms with van der Waals surface area (Å²) in [4.78, 5) is 13.2. The molecule has 3 heteroatoms. The Morgan fingerprint density at radius 2 is 1.81 bits per heavy atom. The maximum absolute atomic E-state index is 13.2. The molecule has 0 heterocycles. The first-order chi connectivity index (χ1) is 12.6. The van der Waals surface area contributed by atoms with E-state index in [0.717, 1.165) is 66.7 Å². The quantitative estimate of drug-likeness (QED) is 0.688. The van der Waals surface area contributed by atoms with Gasteiger partial charge in [0.2, 0.25) is 0 Å². The van der Waals surface area contributed by atoms with Gasteiger partial charge in [-0.1, -0.05) is 36.7 Å². The van der Waals surface area contributed by atoms with Crippen LogP contribution in [0.5, 0.6) is 0 Å². The second kappa shape index (κ2) is 7.08. The summed E-state index contributed by atoms with van der Waals surface area (Å²) in [5.41, 5.74) is 5.03. The normalized spacial score (nSPS) is 25.8. The molecule has 136 valence electrons. The van der Waals surface area contributed by atoms with Crippen LogP contribution in [0.25, 0.3) is 11.1 Å². The number of aliphatic hydroxyl groups excluding tert-OH is 1. The smallest absolute Gasteiger partial charge is 0.169 e. The zero-order chi connectivity index (χ0) is 18.3. The van der Waals surface area contributed by atoms with Crippen molar-refractivity contribution in [3.8, 4) is 0 Å². The van der Waals surface area contributed by atoms with Crippen molar-refractivity contribution in [1.82, 2.24) is 0 Å². The maximum atomic E-state index is 13.2. The molecule has 0 aliphatic heterocycles. The van der Waals surface area contributed by atoms with Gasteiger partial charge in [-0.15, -0.1) is 0 Å². The first-order valence-corrected chi connectivity index (χ1v) is 10.1. The molecule has 4 aliphatic carbocycles. The minimum absolute atomic E-state index is 0.0786. The van der Waals surface area contributed by atoms with Crippen LogP contribution in [0.4, 0.5) is 0 Å². The van der Waals surface area contributed by atoms with Crippen LogP contribution >= 0.6 is 11.6 Å². The molecule has 26 heavy (non-hydrogen) atoms. The lowest BCUT2D eigenvalue weighted by atomic mass is 9.82. The third-order valence-electron chi connectivity index (χ3n) is 6.22. The van der Waals surface area contributed by atoms with Gasteiger partial charge in [0.05, 0.1) is 5.57 Å². The van der Waals surface area contributed by atoms with Crippen molar-refractivity contribution < 1.29 is 9.90 Å². The SMILES string of the molecule is CCc1ccc(C2=CC=C(Cl)CC2)cc1C1=C(O)C2CCC(CC2)C1=O. The summed E-state index contributed by atoms with van der Waals surface area (Å²) in [7, 11) is 0. The van der Waals surface area contributed by atoms with Gasteiger partial charge in [0.25, 0.3) is 0 Å². The van der Waals surface area contributed by atoms with Gasteiger partial charge >= 0.3 is 0 Å². The Balaban J connectivity index is 1.84. The lowest BCUT2D eigenvalue weighted by molar-refractivity contribution is -0.117. The standard InChI is InChI=1S/C23H25ClO2/c1-2-14-3-8-18(15-9-11-19(24)12-10-15)13-20(14)21-22(25)16-4-5-17(7-6-16)23(21)26/h3,8-9,11,13,16-17,25H,2,4-7,10,12H2,1H3. The molecule has 1 saturated carbocycles. The molecular formula is C23H25ClO2. The van der Waals surface area contributed by atoms with Crippen molar-refractivity contribution in [1.29, 1.82) is 0 Å². The molecule has 0 amide bonds. The van der Waals surface area contributed by atoms with Crippen LogP contribution in [-0.4, -0.2) is 10.9 Å². The van der Waals surface area contributed by atoms with Gasteiger partial charge in [-0.2, -0.15) is 0 Å². The molecule has 0 unspecified atom stereocenters. The number of Topliss-reactive ketones (excluding diaryl/α,β-unsaturated/α-hetero) is 1. The van der Waals surface area contributed by atoms with E-state index in [4.69, 9.17) is 11.6 Å². The molecule has 1 aromatic rings. The molecule has 0 spiro atoms. The van der Waals surface area contributed by atoms with Crippen LogP contribution in [-0.2, 0) is 11.2 Å². The molecule has 1 fully saturated rings. The van der Waals surface area contributed by atoms with E-state index in [1.165, 1.54) is 5.57 Å². The van der Waals surface area contributed by atoms with E-state index >= 15 is 0 Å². The third-order valence-corrected chi connectivity index (χ3v) is 6.53. The Labute approximate surface area is 160 Å². The minimum atomic E-state index is 0.0786. The molecule has 4 aliphatic rings. The van der Waals surface area contributed by atoms with Gasteiger partial charge in [-0.05, 0) is 79.4 Å². The number of hydrogen-bond acceptors (Lipinski definition) is 2. The summed E-state index contributed by atoms with van der Waals surface area (Å²) < 4.78 is 0. The number of rotatable bonds is 3. The number of benzene rings is 1. The number of halogens is 1. The fourth-order valence-electron chi connectivity index (χ4n) is 4.60. The number of allylic oxidation sites excluding steroid dienone is 6. The summed E-state index contributed by atoms with van der Waals surface area (Å²) in [6, 6.07) is 6.37. The topological polar surface area (TPSA) is 37.3 Å². The van der Waals surface area contributed by atoms with E-state index in [-0.39, 0.29) is 17.6 Å². The molecule has 0 atom stereocenters. The van der Waals surface area contributed by atoms with Gasteiger partial charge < -0.3 is 5.11 Å². The first-order valence-electron chi connectivity index (χ1n) is 9.74. The zero-order valence-electron chi connectivity index (χ0n) is 15.2. The summed E-state index contributed by atoms with van der Waals surface area (Å²) >= 11 is 6.10. The predicted molar refractivity (Wildman–Crippen MR) is 107 cm³/mol. The second-order valence-corrected chi connectivity index (χ2v) is 8.19. The van der Waals surface area contributed by atoms with Gasteiger partial charge in [0.1, 0.15) is 5.76 Å². The first kappa shape index (κ1) is 17.6. The highest BCUT2D eigenvalue weighted by molar-refractivity contribution is 6.30. The second-order valence-electron chi connectivity index (χ2n) is 7.70. The summed E-state index contributed by atoms with van der Waals surface area (Å²) in [6.45, 7) is 2.11. The highest BCUT2D eigenvalue weighted by Crippen LogP contribution is 2.44. The van der Waals surface area contributed by atoms with Crippen LogP contribution in [0.2, 0.25) is 0 Å². The molecule has 0 aromatic heterocycles. The summed E-state index contributed by atoms with van der Waals surface area (Å²) in [5.74, 6) is 0.712. The number of fused-ring (bicyclic) bond motifs is 3. The van der Waals surface area contributed by atoms with E-state index in [1.54, 1.807) is 0 Å². The van der Waals surface area contributed by atoms with Crippen molar-refractivity contribution in [3.05, 3.63) is 57.8 Å². The van der Waals surface area contributed by atoms with Gasteiger partial charge in [0.15, 0.2) is 5.78 Å². The number of hydrogen-bond donors (Lipinski definition) is 1. The van der Waals surface area contributed by atoms with Crippen molar-refractivity contribution >= 4 is 28.5 Å². The Bertz CT molecular complexity index is 836. The average Bonchev–Trinajstić information content (AvgIpc) is 2.86. The van der Waals surface area contributed by atoms with Crippen LogP contribution in [0.1, 0.15) is 62.1 Å². The van der Waals surface area contributed by atoms with Crippen LogP contribution in [0, 0.1) is 11.8 Å². The van der Waals surface area contributed by atoms with E-state index in [1.807, 2.05) is 6.08 Å². The summed E-state index contributed by atoms with van der Waals surface area (Å²) in [6.07, 6.45) is 10.3. The number of aliphatic hydroxyl groups is 1. The van der Waals surface area contributed by atoms with E-state index in [2.05, 4.69) is 31.2 Å². The Kier molecular flexibility index (Phi) is 4.79. The monoisotopic (exact) mass is 368 g/mol. The molecule has 5 rings (SSSR count). The third kappa shape index (κ3) is 3.05. The fraction of sp³-hybridized carbons (Fsp3) is 0.435. The van der Waals surface area contributed by atoms with Gasteiger partial charge in [-0.25, -0.2) is 0 Å². The Hall–Kier alpha value is -1.80. The van der Waals surface area contributed by atoms with Crippen molar-refractivity contribution in [3.63, 3.8) is 0 Å². The molecule has 0 saturated heterocycles. The Morgan fingerprint density at radius 1 is 1.08 bits per heavy atom. The number of aryl methyl sites for hydroxylation is 1. The van der Waals surface area contributed by atoms with Gasteiger partial charge in [-0.3, -0.25) is 4.79 Å². The highest BCUT2D eigenvalue weighted by Gasteiger charge is 2.38. The molecular weight excluding hydrogens is 344 g/mol. The van der Waals surface area contributed by atoms with E-state index < -0.39 is 0 Å². The molecule has 1 N–H and O–H groups in total. The fourth-order valence-corrected chi connectivity index (χ4v) is 4.76. The van der Waals surface area contributed by atoms with E-state index in [9.17, 15) is 9.90 Å². The largest absolute Gasteiger partial charge is 0.511 e. The minimum Gasteiger partial charge on any atom is -0.511 e. The lowest BCUT2D eigenvalue weighted by Gasteiger charge is -2.21. The average molecular weight is 369 g/mol. The number of carbonyl (C=O) groups is 1. The van der Waals surface area contributed by atoms with Crippen LogP contribution < -0.4 is 0 Å². The van der Waals surface area contributed by atoms with Crippen LogP contribution in [0.15, 0.2) is 41.1 Å². The summed E-state index contributed by atoms with van der Waals surface area (Å²) in [5, 5.41) is 11.8. The van der Waals surface area contributed by atoms with Crippen molar-refractivity contribution in [2.75, 3.05) is 0 Å². The van der Waals surface area contributed by atoms with E-state index in [0.29, 0.717) is 11.3 Å². The number of carbonyl (C=O) groups excluding carboxylic acids is 1. The maximum Gasteiger partial charge on any atom is 0.169 e. The van der Waals surface area contributed by atoms with Crippen molar-refractivity contribution in [2.45, 2.75) is 51.9 Å². The molecule has 1 aromatic carbocycles. The number of ketones is 1.